The quantitative estimate of drug-likeness (QED) is 0.502. The Morgan fingerprint density at radius 3 is 2.62 bits per heavy atom. The summed E-state index contributed by atoms with van der Waals surface area (Å²) in [6.45, 7) is 6.22. The number of hydrogen-bond donors (Lipinski definition) is 1. The monoisotopic (exact) mass is 260 g/mol. The van der Waals surface area contributed by atoms with Gasteiger partial charge < -0.3 is 5.11 Å². The van der Waals surface area contributed by atoms with E-state index in [9.17, 15) is 0 Å². The minimum atomic E-state index is 0.210. The van der Waals surface area contributed by atoms with Gasteiger partial charge in [-0.3, -0.25) is 0 Å². The molecule has 0 fully saturated rings. The number of hydrogen-bond acceptors (Lipinski definition) is 4. The van der Waals surface area contributed by atoms with Crippen LogP contribution < -0.4 is 0 Å². The first-order valence-electron chi connectivity index (χ1n) is 5.34. The molecule has 5 heteroatoms. The minimum absolute atomic E-state index is 0.210. The summed E-state index contributed by atoms with van der Waals surface area (Å²) in [5.74, 6) is 1.90. The maximum atomic E-state index is 8.74. The van der Waals surface area contributed by atoms with E-state index >= 15 is 0 Å². The van der Waals surface area contributed by atoms with Gasteiger partial charge in [0.05, 0.1) is 0 Å². The molecule has 0 atom stereocenters. The van der Waals surface area contributed by atoms with Crippen LogP contribution in [0.1, 0.15) is 37.6 Å². The number of aliphatic hydroxyl groups is 1. The van der Waals surface area contributed by atoms with Gasteiger partial charge in [-0.15, -0.1) is 11.8 Å². The van der Waals surface area contributed by atoms with Crippen molar-refractivity contribution in [3.05, 3.63) is 16.5 Å². The van der Waals surface area contributed by atoms with Gasteiger partial charge in [0.2, 0.25) is 0 Å². The molecule has 1 aromatic rings. The van der Waals surface area contributed by atoms with Crippen LogP contribution in [0.2, 0.25) is 5.15 Å². The van der Waals surface area contributed by atoms with E-state index in [1.165, 1.54) is 0 Å². The first kappa shape index (κ1) is 13.7. The van der Waals surface area contributed by atoms with Crippen molar-refractivity contribution >= 4 is 23.4 Å². The Balaban J connectivity index is 2.88. The molecule has 0 saturated heterocycles. The normalized spacial score (nSPS) is 11.1. The summed E-state index contributed by atoms with van der Waals surface area (Å²) in [6, 6.07) is 0. The van der Waals surface area contributed by atoms with Gasteiger partial charge >= 0.3 is 0 Å². The summed E-state index contributed by atoms with van der Waals surface area (Å²) in [6.07, 6.45) is 0.767. The predicted molar refractivity (Wildman–Crippen MR) is 68.3 cm³/mol. The van der Waals surface area contributed by atoms with Crippen LogP contribution in [0.4, 0.5) is 0 Å². The Bertz CT molecular complexity index is 358. The van der Waals surface area contributed by atoms with Gasteiger partial charge in [0.15, 0.2) is 0 Å². The maximum absolute atomic E-state index is 8.74. The highest BCUT2D eigenvalue weighted by molar-refractivity contribution is 7.99. The molecule has 0 aliphatic rings. The van der Waals surface area contributed by atoms with Crippen LogP contribution in [-0.2, 0) is 0 Å². The zero-order valence-electron chi connectivity index (χ0n) is 9.83. The average molecular weight is 261 g/mol. The number of thioether (sulfide) groups is 1. The Morgan fingerprint density at radius 1 is 1.38 bits per heavy atom. The highest BCUT2D eigenvalue weighted by Gasteiger charge is 2.11. The van der Waals surface area contributed by atoms with Crippen molar-refractivity contribution in [3.63, 3.8) is 0 Å². The van der Waals surface area contributed by atoms with Crippen molar-refractivity contribution in [2.75, 3.05) is 12.4 Å². The second-order valence-electron chi connectivity index (χ2n) is 3.88. The lowest BCUT2D eigenvalue weighted by Crippen LogP contribution is -2.02. The van der Waals surface area contributed by atoms with E-state index in [0.29, 0.717) is 5.15 Å². The van der Waals surface area contributed by atoms with E-state index in [-0.39, 0.29) is 12.5 Å². The van der Waals surface area contributed by atoms with Crippen LogP contribution in [0.3, 0.4) is 0 Å². The molecule has 1 rings (SSSR count). The molecule has 0 spiro atoms. The number of halogens is 1. The third-order valence-corrected chi connectivity index (χ3v) is 3.65. The van der Waals surface area contributed by atoms with E-state index < -0.39 is 0 Å². The summed E-state index contributed by atoms with van der Waals surface area (Å²) >= 11 is 7.68. The van der Waals surface area contributed by atoms with Crippen molar-refractivity contribution in [1.29, 1.82) is 0 Å². The highest BCUT2D eigenvalue weighted by Crippen LogP contribution is 2.27. The lowest BCUT2D eigenvalue weighted by Gasteiger charge is -2.10. The second-order valence-corrected chi connectivity index (χ2v) is 5.32. The van der Waals surface area contributed by atoms with Crippen molar-refractivity contribution in [3.8, 4) is 0 Å². The van der Waals surface area contributed by atoms with Crippen LogP contribution in [-0.4, -0.2) is 27.4 Å². The van der Waals surface area contributed by atoms with Crippen molar-refractivity contribution in [2.24, 2.45) is 0 Å². The van der Waals surface area contributed by atoms with E-state index in [2.05, 4.69) is 9.97 Å². The fourth-order valence-corrected chi connectivity index (χ4v) is 2.29. The molecule has 0 radical (unpaired) electrons. The van der Waals surface area contributed by atoms with Gasteiger partial charge in [-0.1, -0.05) is 25.4 Å². The smallest absolute Gasteiger partial charge is 0.136 e. The molecule has 0 saturated carbocycles. The van der Waals surface area contributed by atoms with E-state index in [1.54, 1.807) is 11.8 Å². The van der Waals surface area contributed by atoms with Crippen LogP contribution in [0.5, 0.6) is 0 Å². The largest absolute Gasteiger partial charge is 0.396 e. The molecule has 0 bridgehead atoms. The highest BCUT2D eigenvalue weighted by atomic mass is 35.5. The Hall–Kier alpha value is -0.320. The average Bonchev–Trinajstić information content (AvgIpc) is 2.24. The standard InChI is InChI=1S/C11H17ClN2OS/c1-7(2)10-13-9(12)8(3)11(14-10)16-6-4-5-15/h7,15H,4-6H2,1-3H3. The number of nitrogens with zero attached hydrogens (tertiary/aromatic N) is 2. The molecular weight excluding hydrogens is 244 g/mol. The number of rotatable bonds is 5. The summed E-state index contributed by atoms with van der Waals surface area (Å²) < 4.78 is 0. The van der Waals surface area contributed by atoms with Crippen LogP contribution in [0, 0.1) is 6.92 Å². The lowest BCUT2D eigenvalue weighted by molar-refractivity contribution is 0.296. The van der Waals surface area contributed by atoms with Crippen LogP contribution in [0.25, 0.3) is 0 Å². The van der Waals surface area contributed by atoms with Crippen molar-refractivity contribution < 1.29 is 5.11 Å². The molecule has 0 unspecified atom stereocenters. The fraction of sp³-hybridized carbons (Fsp3) is 0.636. The molecule has 90 valence electrons. The van der Waals surface area contributed by atoms with Gasteiger partial charge in [0, 0.05) is 23.8 Å². The number of aromatic nitrogens is 2. The van der Waals surface area contributed by atoms with Gasteiger partial charge in [-0.25, -0.2) is 9.97 Å². The molecule has 0 aromatic carbocycles. The van der Waals surface area contributed by atoms with Gasteiger partial charge in [-0.2, -0.15) is 0 Å². The zero-order valence-corrected chi connectivity index (χ0v) is 11.4. The van der Waals surface area contributed by atoms with Gasteiger partial charge in [-0.05, 0) is 13.3 Å². The molecule has 1 heterocycles. The molecule has 3 nitrogen and oxygen atoms in total. The van der Waals surface area contributed by atoms with E-state index in [4.69, 9.17) is 16.7 Å². The Kier molecular flexibility index (Phi) is 5.52. The zero-order chi connectivity index (χ0) is 12.1. The summed E-state index contributed by atoms with van der Waals surface area (Å²) in [5.41, 5.74) is 0.925. The molecular formula is C11H17ClN2OS. The second kappa shape index (κ2) is 6.42. The van der Waals surface area contributed by atoms with Crippen LogP contribution >= 0.6 is 23.4 Å². The Morgan fingerprint density at radius 2 is 2.06 bits per heavy atom. The molecule has 0 amide bonds. The summed E-state index contributed by atoms with van der Waals surface area (Å²) in [7, 11) is 0. The third-order valence-electron chi connectivity index (χ3n) is 2.12. The predicted octanol–water partition coefficient (Wildman–Crippen LogP) is 3.04. The van der Waals surface area contributed by atoms with E-state index in [0.717, 1.165) is 28.6 Å². The summed E-state index contributed by atoms with van der Waals surface area (Å²) in [4.78, 5) is 8.74. The first-order chi connectivity index (χ1) is 7.56. The van der Waals surface area contributed by atoms with Crippen molar-refractivity contribution in [2.45, 2.75) is 38.1 Å². The fourth-order valence-electron chi connectivity index (χ4n) is 1.12. The number of aliphatic hydroxyl groups excluding tert-OH is 1. The van der Waals surface area contributed by atoms with Gasteiger partial charge in [0.25, 0.3) is 0 Å². The van der Waals surface area contributed by atoms with Crippen LogP contribution in [0.15, 0.2) is 5.03 Å². The molecule has 16 heavy (non-hydrogen) atoms. The third kappa shape index (κ3) is 3.61. The molecule has 0 aliphatic heterocycles. The SMILES string of the molecule is Cc1c(Cl)nc(C(C)C)nc1SCCCO. The van der Waals surface area contributed by atoms with Crippen molar-refractivity contribution in [1.82, 2.24) is 9.97 Å². The molecule has 1 aromatic heterocycles. The maximum Gasteiger partial charge on any atom is 0.136 e. The Labute approximate surface area is 106 Å². The lowest BCUT2D eigenvalue weighted by atomic mass is 10.2. The first-order valence-corrected chi connectivity index (χ1v) is 6.70. The van der Waals surface area contributed by atoms with E-state index in [1.807, 2.05) is 20.8 Å². The molecule has 1 N–H and O–H groups in total. The molecule has 0 aliphatic carbocycles. The van der Waals surface area contributed by atoms with Gasteiger partial charge in [0.1, 0.15) is 16.0 Å². The minimum Gasteiger partial charge on any atom is -0.396 e. The topological polar surface area (TPSA) is 46.0 Å². The summed E-state index contributed by atoms with van der Waals surface area (Å²) in [5, 5.41) is 10.2.